The van der Waals surface area contributed by atoms with E-state index in [0.717, 1.165) is 13.1 Å². The van der Waals surface area contributed by atoms with E-state index in [2.05, 4.69) is 16.5 Å². The summed E-state index contributed by atoms with van der Waals surface area (Å²) in [6.45, 7) is 4.06. The number of nitriles is 1. The van der Waals surface area contributed by atoms with Crippen LogP contribution in [0.2, 0.25) is 0 Å². The summed E-state index contributed by atoms with van der Waals surface area (Å²) in [7, 11) is 0. The summed E-state index contributed by atoms with van der Waals surface area (Å²) in [6, 6.07) is 2.11. The molecule has 1 rings (SSSR count). The van der Waals surface area contributed by atoms with Crippen LogP contribution in [0.5, 0.6) is 0 Å². The smallest absolute Gasteiger partial charge is 0.105 e. The normalized spacial score (nSPS) is 22.5. The highest BCUT2D eigenvalue weighted by molar-refractivity contribution is 4.84. The Labute approximate surface area is 68.0 Å². The summed E-state index contributed by atoms with van der Waals surface area (Å²) in [5.74, 6) is 0. The molecular weight excluding hydrogens is 138 g/mol. The van der Waals surface area contributed by atoms with Crippen LogP contribution >= 0.6 is 0 Å². The Bertz CT molecular complexity index is 144. The first-order valence-corrected chi connectivity index (χ1v) is 4.23. The van der Waals surface area contributed by atoms with Crippen molar-refractivity contribution in [1.29, 1.82) is 5.26 Å². The van der Waals surface area contributed by atoms with Crippen molar-refractivity contribution >= 4 is 0 Å². The van der Waals surface area contributed by atoms with Gasteiger partial charge in [-0.05, 0) is 19.8 Å². The number of hydrogen-bond acceptors (Lipinski definition) is 3. The molecule has 11 heavy (non-hydrogen) atoms. The van der Waals surface area contributed by atoms with Gasteiger partial charge in [0.15, 0.2) is 0 Å². The largest absolute Gasteiger partial charge is 0.243 e. The molecule has 0 aromatic heterocycles. The van der Waals surface area contributed by atoms with Gasteiger partial charge >= 0.3 is 0 Å². The molecule has 1 N–H and O–H groups in total. The second-order valence-corrected chi connectivity index (χ2v) is 3.03. The quantitative estimate of drug-likeness (QED) is 0.640. The first-order chi connectivity index (χ1) is 5.33. The third-order valence-electron chi connectivity index (χ3n) is 1.93. The van der Waals surface area contributed by atoms with Gasteiger partial charge in [-0.1, -0.05) is 6.42 Å². The minimum Gasteiger partial charge on any atom is -0.243 e. The Morgan fingerprint density at radius 3 is 2.55 bits per heavy atom. The molecule has 1 saturated heterocycles. The molecule has 0 aromatic rings. The number of nitrogens with one attached hydrogen (secondary N) is 1. The van der Waals surface area contributed by atoms with Gasteiger partial charge in [-0.15, -0.1) is 0 Å². The fraction of sp³-hybridized carbons (Fsp3) is 0.875. The molecule has 1 fully saturated rings. The summed E-state index contributed by atoms with van der Waals surface area (Å²) in [6.07, 6.45) is 3.84. The van der Waals surface area contributed by atoms with Crippen LogP contribution < -0.4 is 5.43 Å². The molecule has 62 valence electrons. The molecule has 0 aromatic carbocycles. The molecule has 1 unspecified atom stereocenters. The van der Waals surface area contributed by atoms with Crippen molar-refractivity contribution in [2.24, 2.45) is 0 Å². The fourth-order valence-corrected chi connectivity index (χ4v) is 1.33. The first-order valence-electron chi connectivity index (χ1n) is 4.23. The van der Waals surface area contributed by atoms with Crippen molar-refractivity contribution in [2.45, 2.75) is 32.2 Å². The van der Waals surface area contributed by atoms with Crippen LogP contribution in [-0.2, 0) is 0 Å². The van der Waals surface area contributed by atoms with E-state index in [1.165, 1.54) is 19.3 Å². The monoisotopic (exact) mass is 153 g/mol. The molecule has 0 radical (unpaired) electrons. The van der Waals surface area contributed by atoms with E-state index >= 15 is 0 Å². The van der Waals surface area contributed by atoms with Gasteiger partial charge in [0.05, 0.1) is 6.07 Å². The average molecular weight is 153 g/mol. The van der Waals surface area contributed by atoms with Crippen LogP contribution in [0.4, 0.5) is 0 Å². The van der Waals surface area contributed by atoms with E-state index in [-0.39, 0.29) is 6.04 Å². The topological polar surface area (TPSA) is 39.1 Å². The summed E-state index contributed by atoms with van der Waals surface area (Å²) in [5.41, 5.74) is 3.14. The van der Waals surface area contributed by atoms with Crippen LogP contribution in [0.25, 0.3) is 0 Å². The third-order valence-corrected chi connectivity index (χ3v) is 1.93. The van der Waals surface area contributed by atoms with Crippen molar-refractivity contribution in [1.82, 2.24) is 10.4 Å². The Kier molecular flexibility index (Phi) is 3.34. The van der Waals surface area contributed by atoms with Gasteiger partial charge in [0.25, 0.3) is 0 Å². The second kappa shape index (κ2) is 4.32. The zero-order valence-electron chi connectivity index (χ0n) is 7.01. The Hall–Kier alpha value is -0.590. The molecule has 3 heteroatoms. The van der Waals surface area contributed by atoms with E-state index in [0.29, 0.717) is 0 Å². The van der Waals surface area contributed by atoms with Gasteiger partial charge < -0.3 is 0 Å². The summed E-state index contributed by atoms with van der Waals surface area (Å²) < 4.78 is 0. The molecule has 0 spiro atoms. The lowest BCUT2D eigenvalue weighted by Crippen LogP contribution is -2.45. The summed E-state index contributed by atoms with van der Waals surface area (Å²) in [5, 5.41) is 10.7. The Morgan fingerprint density at radius 1 is 1.36 bits per heavy atom. The third kappa shape index (κ3) is 2.87. The lowest BCUT2D eigenvalue weighted by molar-refractivity contribution is 0.145. The maximum absolute atomic E-state index is 8.53. The van der Waals surface area contributed by atoms with Gasteiger partial charge in [0, 0.05) is 13.1 Å². The highest BCUT2D eigenvalue weighted by Crippen LogP contribution is 2.05. The highest BCUT2D eigenvalue weighted by atomic mass is 15.5. The van der Waals surface area contributed by atoms with Gasteiger partial charge in [-0.2, -0.15) is 5.26 Å². The molecule has 0 saturated carbocycles. The minimum atomic E-state index is -0.0481. The first kappa shape index (κ1) is 8.51. The standard InChI is InChI=1S/C8H15N3/c1-8(7-9)10-11-5-3-2-4-6-11/h8,10H,2-6H2,1H3. The zero-order chi connectivity index (χ0) is 8.10. The van der Waals surface area contributed by atoms with E-state index < -0.39 is 0 Å². The number of nitrogens with zero attached hydrogens (tertiary/aromatic N) is 2. The highest BCUT2D eigenvalue weighted by Gasteiger charge is 2.11. The molecular formula is C8H15N3. The summed E-state index contributed by atoms with van der Waals surface area (Å²) >= 11 is 0. The molecule has 0 aliphatic carbocycles. The maximum Gasteiger partial charge on any atom is 0.105 e. The van der Waals surface area contributed by atoms with Crippen molar-refractivity contribution in [3.05, 3.63) is 0 Å². The lowest BCUT2D eigenvalue weighted by Gasteiger charge is -2.27. The molecule has 1 heterocycles. The van der Waals surface area contributed by atoms with Crippen LogP contribution in [-0.4, -0.2) is 24.1 Å². The van der Waals surface area contributed by atoms with Gasteiger partial charge in [-0.25, -0.2) is 10.4 Å². The van der Waals surface area contributed by atoms with Crippen LogP contribution in [0, 0.1) is 11.3 Å². The SMILES string of the molecule is CC(C#N)NN1CCCCC1. The molecule has 0 bridgehead atoms. The minimum absolute atomic E-state index is 0.0481. The van der Waals surface area contributed by atoms with Crippen molar-refractivity contribution in [3.8, 4) is 6.07 Å². The lowest BCUT2D eigenvalue weighted by atomic mass is 10.2. The average Bonchev–Trinajstić information content (AvgIpc) is 2.06. The van der Waals surface area contributed by atoms with Crippen LogP contribution in [0.3, 0.4) is 0 Å². The van der Waals surface area contributed by atoms with Gasteiger partial charge in [-0.3, -0.25) is 0 Å². The maximum atomic E-state index is 8.53. The van der Waals surface area contributed by atoms with E-state index in [1.54, 1.807) is 0 Å². The van der Waals surface area contributed by atoms with Crippen molar-refractivity contribution < 1.29 is 0 Å². The molecule has 1 atom stereocenters. The van der Waals surface area contributed by atoms with E-state index in [4.69, 9.17) is 5.26 Å². The van der Waals surface area contributed by atoms with Gasteiger partial charge in [0.2, 0.25) is 0 Å². The summed E-state index contributed by atoms with van der Waals surface area (Å²) in [4.78, 5) is 0. The van der Waals surface area contributed by atoms with E-state index in [1.807, 2.05) is 6.92 Å². The van der Waals surface area contributed by atoms with Crippen molar-refractivity contribution in [2.75, 3.05) is 13.1 Å². The molecule has 1 aliphatic heterocycles. The number of hydrazine groups is 1. The predicted octanol–water partition coefficient (Wildman–Crippen LogP) is 0.889. The van der Waals surface area contributed by atoms with Crippen LogP contribution in [0.15, 0.2) is 0 Å². The predicted molar refractivity (Wildman–Crippen MR) is 43.6 cm³/mol. The molecule has 0 amide bonds. The Balaban J connectivity index is 2.20. The zero-order valence-corrected chi connectivity index (χ0v) is 7.01. The van der Waals surface area contributed by atoms with E-state index in [9.17, 15) is 0 Å². The molecule has 1 aliphatic rings. The number of rotatable bonds is 2. The fourth-order valence-electron chi connectivity index (χ4n) is 1.33. The second-order valence-electron chi connectivity index (χ2n) is 3.03. The molecule has 3 nitrogen and oxygen atoms in total. The van der Waals surface area contributed by atoms with Crippen molar-refractivity contribution in [3.63, 3.8) is 0 Å². The Morgan fingerprint density at radius 2 is 2.00 bits per heavy atom. The van der Waals surface area contributed by atoms with Crippen LogP contribution in [0.1, 0.15) is 26.2 Å². The number of hydrogen-bond donors (Lipinski definition) is 1. The number of piperidine rings is 1. The van der Waals surface area contributed by atoms with Gasteiger partial charge in [0.1, 0.15) is 6.04 Å².